The van der Waals surface area contributed by atoms with Crippen LogP contribution in [0.5, 0.6) is 0 Å². The molecule has 0 bridgehead atoms. The van der Waals surface area contributed by atoms with Crippen LogP contribution in [0.1, 0.15) is 0 Å². The summed E-state index contributed by atoms with van der Waals surface area (Å²) < 4.78 is 5.88. The lowest BCUT2D eigenvalue weighted by molar-refractivity contribution is -0.870. The minimum Gasteiger partial charge on any atom is -0.379 e. The standard InChI is InChI=1S/C6H16NO.B/c1-7(2,3)5-6-8-4;/h5-6H2,1-4H3;/q+1;. The van der Waals surface area contributed by atoms with E-state index in [9.17, 15) is 0 Å². The molecule has 3 heteroatoms. The van der Waals surface area contributed by atoms with Gasteiger partial charge in [-0.3, -0.25) is 0 Å². The maximum absolute atomic E-state index is 4.90. The van der Waals surface area contributed by atoms with E-state index < -0.39 is 0 Å². The average Bonchev–Trinajstić information content (AvgIpc) is 1.59. The number of quaternary nitrogens is 1. The van der Waals surface area contributed by atoms with E-state index in [2.05, 4.69) is 21.1 Å². The molecule has 53 valence electrons. The van der Waals surface area contributed by atoms with Crippen LogP contribution in [0.3, 0.4) is 0 Å². The molecule has 0 spiro atoms. The van der Waals surface area contributed by atoms with E-state index in [4.69, 9.17) is 4.74 Å². The lowest BCUT2D eigenvalue weighted by atomic mass is 10.5. The second kappa shape index (κ2) is 4.83. The smallest absolute Gasteiger partial charge is 0.102 e. The molecule has 0 unspecified atom stereocenters. The third-order valence-electron chi connectivity index (χ3n) is 0.966. The minimum atomic E-state index is 0. The van der Waals surface area contributed by atoms with Gasteiger partial charge < -0.3 is 9.22 Å². The van der Waals surface area contributed by atoms with Crippen molar-refractivity contribution in [2.45, 2.75) is 0 Å². The highest BCUT2D eigenvalue weighted by atomic mass is 16.5. The van der Waals surface area contributed by atoms with Crippen molar-refractivity contribution in [2.24, 2.45) is 0 Å². The first-order valence-corrected chi connectivity index (χ1v) is 2.85. The van der Waals surface area contributed by atoms with Crippen LogP contribution in [0.25, 0.3) is 0 Å². The zero-order chi connectivity index (χ0) is 6.62. The van der Waals surface area contributed by atoms with E-state index in [1.807, 2.05) is 0 Å². The van der Waals surface area contributed by atoms with E-state index in [1.54, 1.807) is 7.11 Å². The normalized spacial score (nSPS) is 10.7. The first-order chi connectivity index (χ1) is 3.56. The zero-order valence-corrected chi connectivity index (χ0v) is 6.85. The summed E-state index contributed by atoms with van der Waals surface area (Å²) in [5.74, 6) is 0. The van der Waals surface area contributed by atoms with Crippen molar-refractivity contribution in [3.8, 4) is 0 Å². The Bertz CT molecular complexity index is 60.6. The summed E-state index contributed by atoms with van der Waals surface area (Å²) in [6, 6.07) is 0. The van der Waals surface area contributed by atoms with Gasteiger partial charge in [-0.2, -0.15) is 0 Å². The predicted octanol–water partition coefficient (Wildman–Crippen LogP) is -0.0418. The first kappa shape index (κ1) is 11.7. The van der Waals surface area contributed by atoms with Crippen molar-refractivity contribution >= 4 is 8.41 Å². The molecule has 0 aliphatic heterocycles. The molecule has 0 rings (SSSR count). The molecular formula is C6H16BNO+. The quantitative estimate of drug-likeness (QED) is 0.383. The van der Waals surface area contributed by atoms with Gasteiger partial charge in [0.1, 0.15) is 6.54 Å². The van der Waals surface area contributed by atoms with Crippen LogP contribution in [0.15, 0.2) is 0 Å². The lowest BCUT2D eigenvalue weighted by Gasteiger charge is -2.22. The predicted molar refractivity (Wildman–Crippen MR) is 40.5 cm³/mol. The Labute approximate surface area is 60.0 Å². The van der Waals surface area contributed by atoms with Gasteiger partial charge in [0.05, 0.1) is 27.7 Å². The third kappa shape index (κ3) is 11.5. The molecule has 0 aromatic rings. The van der Waals surface area contributed by atoms with Crippen LogP contribution in [-0.4, -0.2) is 54.3 Å². The molecule has 0 heterocycles. The molecule has 0 atom stereocenters. The fourth-order valence-electron chi connectivity index (χ4n) is 0.365. The van der Waals surface area contributed by atoms with E-state index in [1.165, 1.54) is 0 Å². The van der Waals surface area contributed by atoms with Gasteiger partial charge in [0, 0.05) is 15.5 Å². The zero-order valence-electron chi connectivity index (χ0n) is 6.85. The van der Waals surface area contributed by atoms with E-state index >= 15 is 0 Å². The number of likely N-dealkylation sites (N-methyl/N-ethyl adjacent to an activating group) is 1. The van der Waals surface area contributed by atoms with Gasteiger partial charge in [-0.1, -0.05) is 0 Å². The largest absolute Gasteiger partial charge is 0.379 e. The molecule has 0 aromatic carbocycles. The minimum absolute atomic E-state index is 0. The maximum atomic E-state index is 4.90. The third-order valence-corrected chi connectivity index (χ3v) is 0.966. The molecule has 0 saturated heterocycles. The molecule has 0 aliphatic rings. The Morgan fingerprint density at radius 3 is 1.78 bits per heavy atom. The average molecular weight is 129 g/mol. The molecule has 0 saturated carbocycles. The van der Waals surface area contributed by atoms with Gasteiger partial charge >= 0.3 is 0 Å². The fraction of sp³-hybridized carbons (Fsp3) is 1.00. The first-order valence-electron chi connectivity index (χ1n) is 2.85. The van der Waals surface area contributed by atoms with Gasteiger partial charge in [-0.15, -0.1) is 0 Å². The second-order valence-electron chi connectivity index (χ2n) is 3.01. The number of hydrogen-bond acceptors (Lipinski definition) is 1. The second-order valence-corrected chi connectivity index (χ2v) is 3.01. The van der Waals surface area contributed by atoms with Crippen molar-refractivity contribution in [2.75, 3.05) is 41.4 Å². The van der Waals surface area contributed by atoms with Crippen molar-refractivity contribution in [3.05, 3.63) is 0 Å². The summed E-state index contributed by atoms with van der Waals surface area (Å²) in [5.41, 5.74) is 0. The van der Waals surface area contributed by atoms with Crippen molar-refractivity contribution in [1.29, 1.82) is 0 Å². The topological polar surface area (TPSA) is 9.23 Å². The molecule has 2 nitrogen and oxygen atoms in total. The molecule has 0 amide bonds. The van der Waals surface area contributed by atoms with E-state index in [-0.39, 0.29) is 8.41 Å². The Kier molecular flexibility index (Phi) is 6.30. The van der Waals surface area contributed by atoms with Crippen molar-refractivity contribution in [3.63, 3.8) is 0 Å². The molecule has 0 aromatic heterocycles. The van der Waals surface area contributed by atoms with E-state index in [0.29, 0.717) is 0 Å². The molecular weight excluding hydrogens is 113 g/mol. The highest BCUT2D eigenvalue weighted by molar-refractivity contribution is 5.75. The van der Waals surface area contributed by atoms with Crippen LogP contribution >= 0.6 is 0 Å². The molecule has 0 N–H and O–H groups in total. The summed E-state index contributed by atoms with van der Waals surface area (Å²) in [4.78, 5) is 0. The Hall–Kier alpha value is -0.0151. The van der Waals surface area contributed by atoms with Crippen molar-refractivity contribution < 1.29 is 9.22 Å². The SMILES string of the molecule is COCC[N+](C)(C)C.[B]. The summed E-state index contributed by atoms with van der Waals surface area (Å²) in [6.45, 7) is 1.93. The number of hydrogen-bond donors (Lipinski definition) is 0. The van der Waals surface area contributed by atoms with Gasteiger partial charge in [-0.25, -0.2) is 0 Å². The van der Waals surface area contributed by atoms with Crippen molar-refractivity contribution in [1.82, 2.24) is 0 Å². The van der Waals surface area contributed by atoms with Gasteiger partial charge in [0.2, 0.25) is 0 Å². The maximum Gasteiger partial charge on any atom is 0.102 e. The summed E-state index contributed by atoms with van der Waals surface area (Å²) in [6.07, 6.45) is 0. The molecule has 3 radical (unpaired) electrons. The highest BCUT2D eigenvalue weighted by Gasteiger charge is 2.03. The van der Waals surface area contributed by atoms with E-state index in [0.717, 1.165) is 17.6 Å². The van der Waals surface area contributed by atoms with Gasteiger partial charge in [-0.05, 0) is 0 Å². The van der Waals surface area contributed by atoms with Gasteiger partial charge in [0.15, 0.2) is 0 Å². The molecule has 9 heavy (non-hydrogen) atoms. The Morgan fingerprint density at radius 1 is 1.22 bits per heavy atom. The lowest BCUT2D eigenvalue weighted by Crippen LogP contribution is -2.37. The summed E-state index contributed by atoms with van der Waals surface area (Å²) >= 11 is 0. The summed E-state index contributed by atoms with van der Waals surface area (Å²) in [5, 5.41) is 0. The molecule has 0 aliphatic carbocycles. The van der Waals surface area contributed by atoms with Crippen LogP contribution < -0.4 is 0 Å². The van der Waals surface area contributed by atoms with Gasteiger partial charge in [0.25, 0.3) is 0 Å². The van der Waals surface area contributed by atoms with Crippen LogP contribution in [-0.2, 0) is 4.74 Å². The number of rotatable bonds is 3. The number of nitrogens with zero attached hydrogens (tertiary/aromatic N) is 1. The number of methoxy groups -OCH3 is 1. The Morgan fingerprint density at radius 2 is 1.67 bits per heavy atom. The van der Waals surface area contributed by atoms with Crippen LogP contribution in [0.4, 0.5) is 0 Å². The summed E-state index contributed by atoms with van der Waals surface area (Å²) in [7, 11) is 8.19. The van der Waals surface area contributed by atoms with Crippen LogP contribution in [0.2, 0.25) is 0 Å². The van der Waals surface area contributed by atoms with Crippen LogP contribution in [0, 0.1) is 0 Å². The molecule has 0 fully saturated rings. The Balaban J connectivity index is 0. The highest BCUT2D eigenvalue weighted by Crippen LogP contribution is 1.87. The fourth-order valence-corrected chi connectivity index (χ4v) is 0.365. The monoisotopic (exact) mass is 129 g/mol. The number of ether oxygens (including phenoxy) is 1.